The summed E-state index contributed by atoms with van der Waals surface area (Å²) in [7, 11) is 0. The summed E-state index contributed by atoms with van der Waals surface area (Å²) in [5.41, 5.74) is 2.22. The van der Waals surface area contributed by atoms with Crippen molar-refractivity contribution in [3.8, 4) is 18.0 Å². The van der Waals surface area contributed by atoms with Gasteiger partial charge in [-0.05, 0) is 37.0 Å². The minimum Gasteiger partial charge on any atom is -0.449 e. The van der Waals surface area contributed by atoms with Crippen LogP contribution in [0.1, 0.15) is 30.1 Å². The van der Waals surface area contributed by atoms with Gasteiger partial charge >= 0.3 is 5.97 Å². The van der Waals surface area contributed by atoms with E-state index in [-0.39, 0.29) is 6.61 Å². The second-order valence-electron chi connectivity index (χ2n) is 6.02. The van der Waals surface area contributed by atoms with Crippen molar-refractivity contribution in [3.05, 3.63) is 36.4 Å². The third-order valence-electron chi connectivity index (χ3n) is 4.33. The molecule has 1 fully saturated rings. The highest BCUT2D eigenvalue weighted by atomic mass is 16.5. The molecule has 0 unspecified atom stereocenters. The van der Waals surface area contributed by atoms with Crippen molar-refractivity contribution in [1.29, 1.82) is 0 Å². The quantitative estimate of drug-likeness (QED) is 0.638. The number of piperidine rings is 1. The summed E-state index contributed by atoms with van der Waals surface area (Å²) < 4.78 is 6.91. The maximum absolute atomic E-state index is 12.5. The number of carbonyl (C=O) groups excluding carboxylic acids is 1. The molecule has 0 aliphatic carbocycles. The summed E-state index contributed by atoms with van der Waals surface area (Å²) >= 11 is 0. The standard InChI is InChI=1S/C18H20N4O2/c1-3-10-24-18(23)16-11-15(22-12-19-20-13-22)4-5-17(16)21-8-6-14(2)7-9-21/h1,4-5,11-14H,6-10H2,2H3. The molecule has 0 amide bonds. The molecule has 1 saturated heterocycles. The average Bonchev–Trinajstić information content (AvgIpc) is 3.14. The second kappa shape index (κ2) is 7.18. The number of ether oxygens (including phenoxy) is 1. The molecule has 0 N–H and O–H groups in total. The van der Waals surface area contributed by atoms with Crippen LogP contribution in [-0.2, 0) is 4.74 Å². The van der Waals surface area contributed by atoms with E-state index >= 15 is 0 Å². The largest absolute Gasteiger partial charge is 0.449 e. The highest BCUT2D eigenvalue weighted by Crippen LogP contribution is 2.28. The smallest absolute Gasteiger partial charge is 0.341 e. The van der Waals surface area contributed by atoms with E-state index < -0.39 is 5.97 Å². The lowest BCUT2D eigenvalue weighted by Gasteiger charge is -2.33. The molecule has 3 rings (SSSR count). The van der Waals surface area contributed by atoms with E-state index in [1.165, 1.54) is 0 Å². The van der Waals surface area contributed by atoms with Crippen LogP contribution in [0.2, 0.25) is 0 Å². The van der Waals surface area contributed by atoms with Crippen LogP contribution < -0.4 is 4.90 Å². The fraction of sp³-hybridized carbons (Fsp3) is 0.389. The Morgan fingerprint density at radius 1 is 1.33 bits per heavy atom. The summed E-state index contributed by atoms with van der Waals surface area (Å²) in [6, 6.07) is 5.71. The Morgan fingerprint density at radius 3 is 2.71 bits per heavy atom. The van der Waals surface area contributed by atoms with E-state index in [1.807, 2.05) is 12.1 Å². The van der Waals surface area contributed by atoms with Crippen LogP contribution in [0.5, 0.6) is 0 Å². The zero-order chi connectivity index (χ0) is 16.9. The minimum atomic E-state index is -0.406. The SMILES string of the molecule is C#CCOC(=O)c1cc(-n2cnnc2)ccc1N1CCC(C)CC1. The summed E-state index contributed by atoms with van der Waals surface area (Å²) in [4.78, 5) is 14.7. The average molecular weight is 324 g/mol. The molecule has 6 heteroatoms. The number of benzene rings is 1. The van der Waals surface area contributed by atoms with Crippen molar-refractivity contribution in [2.45, 2.75) is 19.8 Å². The van der Waals surface area contributed by atoms with Gasteiger partial charge in [0.15, 0.2) is 6.61 Å². The predicted octanol–water partition coefficient (Wildman–Crippen LogP) is 2.29. The Kier molecular flexibility index (Phi) is 4.80. The van der Waals surface area contributed by atoms with Gasteiger partial charge in [-0.3, -0.25) is 4.57 Å². The molecule has 124 valence electrons. The first-order chi connectivity index (χ1) is 11.7. The number of rotatable bonds is 4. The molecule has 1 aliphatic heterocycles. The van der Waals surface area contributed by atoms with E-state index in [0.717, 1.165) is 43.2 Å². The van der Waals surface area contributed by atoms with E-state index in [0.29, 0.717) is 5.56 Å². The molecule has 6 nitrogen and oxygen atoms in total. The number of anilines is 1. The van der Waals surface area contributed by atoms with Crippen LogP contribution >= 0.6 is 0 Å². The molecular weight excluding hydrogens is 304 g/mol. The number of terminal acetylenes is 1. The Labute approximate surface area is 141 Å². The number of hydrogen-bond acceptors (Lipinski definition) is 5. The van der Waals surface area contributed by atoms with Crippen molar-refractivity contribution >= 4 is 11.7 Å². The van der Waals surface area contributed by atoms with E-state index in [1.54, 1.807) is 23.3 Å². The van der Waals surface area contributed by atoms with Gasteiger partial charge in [0.25, 0.3) is 0 Å². The molecule has 0 saturated carbocycles. The van der Waals surface area contributed by atoms with Crippen LogP contribution in [0.15, 0.2) is 30.9 Å². The van der Waals surface area contributed by atoms with Crippen LogP contribution in [-0.4, -0.2) is 40.4 Å². The highest BCUT2D eigenvalue weighted by Gasteiger charge is 2.22. The van der Waals surface area contributed by atoms with Crippen LogP contribution in [0.25, 0.3) is 5.69 Å². The zero-order valence-electron chi connectivity index (χ0n) is 13.7. The maximum Gasteiger partial charge on any atom is 0.341 e. The first-order valence-electron chi connectivity index (χ1n) is 8.03. The van der Waals surface area contributed by atoms with Crippen LogP contribution in [0, 0.1) is 18.3 Å². The first kappa shape index (κ1) is 16.1. The number of aromatic nitrogens is 3. The van der Waals surface area contributed by atoms with Gasteiger partial charge in [0.05, 0.1) is 11.3 Å². The topological polar surface area (TPSA) is 60.3 Å². The lowest BCUT2D eigenvalue weighted by Crippen LogP contribution is -2.34. The molecule has 2 aromatic rings. The Hall–Kier alpha value is -2.81. The van der Waals surface area contributed by atoms with Gasteiger partial charge in [-0.15, -0.1) is 16.6 Å². The van der Waals surface area contributed by atoms with Crippen molar-refractivity contribution < 1.29 is 9.53 Å². The van der Waals surface area contributed by atoms with Gasteiger partial charge in [-0.2, -0.15) is 0 Å². The fourth-order valence-electron chi connectivity index (χ4n) is 2.89. The number of carbonyl (C=O) groups is 1. The third-order valence-corrected chi connectivity index (χ3v) is 4.33. The van der Waals surface area contributed by atoms with Gasteiger partial charge in [0.1, 0.15) is 12.7 Å². The Bertz CT molecular complexity index is 741. The maximum atomic E-state index is 12.5. The van der Waals surface area contributed by atoms with Gasteiger partial charge in [0.2, 0.25) is 0 Å². The monoisotopic (exact) mass is 324 g/mol. The van der Waals surface area contributed by atoms with Gasteiger partial charge in [-0.25, -0.2) is 4.79 Å². The lowest BCUT2D eigenvalue weighted by molar-refractivity contribution is 0.0557. The first-order valence-corrected chi connectivity index (χ1v) is 8.03. The van der Waals surface area contributed by atoms with Crippen LogP contribution in [0.4, 0.5) is 5.69 Å². The van der Waals surface area contributed by atoms with Crippen LogP contribution in [0.3, 0.4) is 0 Å². The summed E-state index contributed by atoms with van der Waals surface area (Å²) in [5, 5.41) is 7.61. The van der Waals surface area contributed by atoms with E-state index in [2.05, 4.69) is 27.9 Å². The molecule has 1 aromatic heterocycles. The molecule has 2 heterocycles. The number of hydrogen-bond donors (Lipinski definition) is 0. The van der Waals surface area contributed by atoms with Crippen molar-refractivity contribution in [1.82, 2.24) is 14.8 Å². The predicted molar refractivity (Wildman–Crippen MR) is 91.1 cm³/mol. The zero-order valence-corrected chi connectivity index (χ0v) is 13.7. The van der Waals surface area contributed by atoms with E-state index in [4.69, 9.17) is 11.2 Å². The third kappa shape index (κ3) is 3.40. The molecule has 0 radical (unpaired) electrons. The van der Waals surface area contributed by atoms with Gasteiger partial charge in [0, 0.05) is 18.8 Å². The van der Waals surface area contributed by atoms with Gasteiger partial charge in [-0.1, -0.05) is 12.8 Å². The highest BCUT2D eigenvalue weighted by molar-refractivity contribution is 5.96. The van der Waals surface area contributed by atoms with E-state index in [9.17, 15) is 4.79 Å². The molecular formula is C18H20N4O2. The summed E-state index contributed by atoms with van der Waals surface area (Å²) in [6.07, 6.45) is 10.6. The molecule has 0 bridgehead atoms. The minimum absolute atomic E-state index is 0.0355. The second-order valence-corrected chi connectivity index (χ2v) is 6.02. The van der Waals surface area contributed by atoms with Crippen molar-refractivity contribution in [2.24, 2.45) is 5.92 Å². The Balaban J connectivity index is 1.94. The molecule has 0 atom stereocenters. The Morgan fingerprint density at radius 2 is 2.04 bits per heavy atom. The summed E-state index contributed by atoms with van der Waals surface area (Å²) in [6.45, 7) is 4.09. The molecule has 0 spiro atoms. The normalized spacial score (nSPS) is 15.1. The number of esters is 1. The molecule has 24 heavy (non-hydrogen) atoms. The summed E-state index contributed by atoms with van der Waals surface area (Å²) in [5.74, 6) is 2.64. The molecule has 1 aliphatic rings. The fourth-order valence-corrected chi connectivity index (χ4v) is 2.89. The van der Waals surface area contributed by atoms with Gasteiger partial charge < -0.3 is 9.64 Å². The molecule has 1 aromatic carbocycles. The lowest BCUT2D eigenvalue weighted by atomic mass is 9.98. The van der Waals surface area contributed by atoms with Crippen molar-refractivity contribution in [3.63, 3.8) is 0 Å². The number of nitrogens with zero attached hydrogens (tertiary/aromatic N) is 4. The van der Waals surface area contributed by atoms with Crippen molar-refractivity contribution in [2.75, 3.05) is 24.6 Å².